The summed E-state index contributed by atoms with van der Waals surface area (Å²) < 4.78 is 27.9. The number of aryl methyl sites for hydroxylation is 1. The van der Waals surface area contributed by atoms with Crippen molar-refractivity contribution in [1.82, 2.24) is 9.29 Å². The van der Waals surface area contributed by atoms with Crippen LogP contribution in [0.3, 0.4) is 0 Å². The number of carbonyl (C=O) groups is 2. The molecule has 0 aliphatic carbocycles. The fourth-order valence-corrected chi connectivity index (χ4v) is 6.05. The third kappa shape index (κ3) is 4.27. The van der Waals surface area contributed by atoms with Crippen LogP contribution in [0.5, 0.6) is 0 Å². The van der Waals surface area contributed by atoms with Gasteiger partial charge in [0, 0.05) is 43.9 Å². The normalized spacial score (nSPS) is 19.6. The second kappa shape index (κ2) is 8.63. The fraction of sp³-hybridized carbons (Fsp3) is 0.435. The molecule has 2 aromatic rings. The lowest BCUT2D eigenvalue weighted by molar-refractivity contribution is -0.121. The average Bonchev–Trinajstić information content (AvgIpc) is 3.10. The minimum absolute atomic E-state index is 0.0118. The molecule has 1 N–H and O–H groups in total. The number of nitrogens with one attached hydrogen (secondary N) is 1. The minimum Gasteiger partial charge on any atom is -0.310 e. The number of fused-ring (bicyclic) bond motifs is 1. The Bertz CT molecular complexity index is 1140. The first kappa shape index (κ1) is 22.4. The largest absolute Gasteiger partial charge is 0.310 e. The van der Waals surface area contributed by atoms with Gasteiger partial charge in [-0.3, -0.25) is 9.59 Å². The van der Waals surface area contributed by atoms with Crippen molar-refractivity contribution in [3.05, 3.63) is 47.7 Å². The lowest BCUT2D eigenvalue weighted by atomic mass is 9.97. The Hall–Kier alpha value is -2.78. The first-order chi connectivity index (χ1) is 15.2. The molecule has 2 aliphatic rings. The second-order valence-electron chi connectivity index (χ2n) is 8.62. The van der Waals surface area contributed by atoms with Crippen LogP contribution in [0.4, 0.5) is 11.5 Å². The van der Waals surface area contributed by atoms with Crippen molar-refractivity contribution in [2.75, 3.05) is 23.3 Å². The number of carbonyl (C=O) groups excluding carboxylic acids is 2. The summed E-state index contributed by atoms with van der Waals surface area (Å²) in [4.78, 5) is 30.6. The van der Waals surface area contributed by atoms with E-state index in [4.69, 9.17) is 0 Å². The molecule has 4 rings (SSSR count). The first-order valence-corrected chi connectivity index (χ1v) is 12.3. The number of rotatable bonds is 4. The van der Waals surface area contributed by atoms with Crippen LogP contribution in [0.15, 0.2) is 41.4 Å². The Balaban J connectivity index is 1.42. The van der Waals surface area contributed by atoms with Crippen LogP contribution in [-0.4, -0.2) is 48.7 Å². The molecule has 1 fully saturated rings. The quantitative estimate of drug-likeness (QED) is 0.763. The maximum absolute atomic E-state index is 13.2. The molecule has 1 saturated heterocycles. The number of anilines is 2. The van der Waals surface area contributed by atoms with E-state index in [1.165, 1.54) is 11.2 Å². The van der Waals surface area contributed by atoms with Crippen LogP contribution in [0, 0.1) is 12.8 Å². The number of hydrogen-bond acceptors (Lipinski definition) is 5. The van der Waals surface area contributed by atoms with E-state index in [0.29, 0.717) is 25.1 Å². The predicted octanol–water partition coefficient (Wildman–Crippen LogP) is 2.73. The summed E-state index contributed by atoms with van der Waals surface area (Å²) in [5, 5.41) is 2.82. The summed E-state index contributed by atoms with van der Waals surface area (Å²) in [7, 11) is -3.67. The van der Waals surface area contributed by atoms with E-state index < -0.39 is 10.0 Å². The van der Waals surface area contributed by atoms with Gasteiger partial charge >= 0.3 is 0 Å². The zero-order valence-corrected chi connectivity index (χ0v) is 19.4. The van der Waals surface area contributed by atoms with E-state index >= 15 is 0 Å². The highest BCUT2D eigenvalue weighted by atomic mass is 32.2. The number of piperidine rings is 1. The second-order valence-corrected chi connectivity index (χ2v) is 10.6. The Labute approximate surface area is 188 Å². The number of amides is 2. The molecular formula is C23H28N4O4S. The van der Waals surface area contributed by atoms with E-state index in [2.05, 4.69) is 10.3 Å². The molecule has 1 aromatic heterocycles. The molecule has 1 atom stereocenters. The zero-order valence-electron chi connectivity index (χ0n) is 18.5. The van der Waals surface area contributed by atoms with Crippen LogP contribution in [0.25, 0.3) is 0 Å². The molecule has 8 nitrogen and oxygen atoms in total. The van der Waals surface area contributed by atoms with Crippen LogP contribution >= 0.6 is 0 Å². The van der Waals surface area contributed by atoms with Crippen molar-refractivity contribution in [3.8, 4) is 0 Å². The van der Waals surface area contributed by atoms with E-state index in [1.807, 2.05) is 19.9 Å². The highest BCUT2D eigenvalue weighted by Crippen LogP contribution is 2.35. The van der Waals surface area contributed by atoms with Gasteiger partial charge in [0.05, 0.1) is 4.90 Å². The molecular weight excluding hydrogens is 428 g/mol. The molecule has 2 amide bonds. The van der Waals surface area contributed by atoms with Crippen LogP contribution in [0.2, 0.25) is 0 Å². The third-order valence-electron chi connectivity index (χ3n) is 6.23. The molecule has 0 unspecified atom stereocenters. The molecule has 1 aromatic carbocycles. The summed E-state index contributed by atoms with van der Waals surface area (Å²) in [6, 6.07) is 8.63. The molecule has 32 heavy (non-hydrogen) atoms. The highest BCUT2D eigenvalue weighted by Gasteiger charge is 2.34. The average molecular weight is 457 g/mol. The van der Waals surface area contributed by atoms with Gasteiger partial charge in [-0.1, -0.05) is 6.07 Å². The predicted molar refractivity (Wildman–Crippen MR) is 122 cm³/mol. The fourth-order valence-electron chi connectivity index (χ4n) is 4.53. The summed E-state index contributed by atoms with van der Waals surface area (Å²) in [6.07, 6.45) is 3.24. The topological polar surface area (TPSA) is 99.7 Å². The highest BCUT2D eigenvalue weighted by molar-refractivity contribution is 7.89. The maximum atomic E-state index is 13.2. The van der Waals surface area contributed by atoms with Gasteiger partial charge in [0.2, 0.25) is 21.8 Å². The van der Waals surface area contributed by atoms with Crippen LogP contribution in [0.1, 0.15) is 37.8 Å². The summed E-state index contributed by atoms with van der Waals surface area (Å²) in [5.41, 5.74) is 2.66. The van der Waals surface area contributed by atoms with E-state index in [9.17, 15) is 18.0 Å². The van der Waals surface area contributed by atoms with E-state index in [-0.39, 0.29) is 41.8 Å². The lowest BCUT2D eigenvalue weighted by Gasteiger charge is -2.30. The Kier molecular flexibility index (Phi) is 6.05. The van der Waals surface area contributed by atoms with Crippen molar-refractivity contribution in [1.29, 1.82) is 0 Å². The number of benzene rings is 1. The zero-order chi connectivity index (χ0) is 23.0. The van der Waals surface area contributed by atoms with Gasteiger partial charge in [-0.2, -0.15) is 4.31 Å². The number of hydrogen-bond donors (Lipinski definition) is 1. The van der Waals surface area contributed by atoms with Gasteiger partial charge in [-0.15, -0.1) is 0 Å². The van der Waals surface area contributed by atoms with Crippen molar-refractivity contribution in [2.45, 2.75) is 51.0 Å². The minimum atomic E-state index is -3.67. The van der Waals surface area contributed by atoms with Crippen molar-refractivity contribution < 1.29 is 18.0 Å². The smallest absolute Gasteiger partial charge is 0.243 e. The molecule has 0 radical (unpaired) electrons. The molecule has 0 saturated carbocycles. The van der Waals surface area contributed by atoms with Crippen molar-refractivity contribution in [3.63, 3.8) is 0 Å². The molecule has 0 bridgehead atoms. The Morgan fingerprint density at radius 1 is 1.12 bits per heavy atom. The number of sulfonamides is 1. The van der Waals surface area contributed by atoms with E-state index in [1.54, 1.807) is 35.4 Å². The van der Waals surface area contributed by atoms with Gasteiger partial charge in [-0.25, -0.2) is 13.4 Å². The summed E-state index contributed by atoms with van der Waals surface area (Å²) >= 11 is 0. The van der Waals surface area contributed by atoms with Gasteiger partial charge in [0.25, 0.3) is 0 Å². The third-order valence-corrected chi connectivity index (χ3v) is 8.13. The molecule has 0 spiro atoms. The van der Waals surface area contributed by atoms with Gasteiger partial charge in [0.15, 0.2) is 0 Å². The van der Waals surface area contributed by atoms with Crippen LogP contribution in [-0.2, 0) is 26.0 Å². The van der Waals surface area contributed by atoms with Crippen molar-refractivity contribution >= 4 is 33.3 Å². The maximum Gasteiger partial charge on any atom is 0.243 e. The van der Waals surface area contributed by atoms with Crippen molar-refractivity contribution in [2.24, 2.45) is 5.92 Å². The monoisotopic (exact) mass is 456 g/mol. The summed E-state index contributed by atoms with van der Waals surface area (Å²) in [5.74, 6) is 0.0689. The molecule has 9 heteroatoms. The van der Waals surface area contributed by atoms with Gasteiger partial charge < -0.3 is 10.2 Å². The van der Waals surface area contributed by atoms with Gasteiger partial charge in [-0.05, 0) is 68.5 Å². The lowest BCUT2D eigenvalue weighted by Crippen LogP contribution is -2.41. The molecule has 2 aliphatic heterocycles. The first-order valence-electron chi connectivity index (χ1n) is 10.8. The van der Waals surface area contributed by atoms with Crippen LogP contribution < -0.4 is 10.2 Å². The summed E-state index contributed by atoms with van der Waals surface area (Å²) in [6.45, 7) is 5.97. The molecule has 170 valence electrons. The standard InChI is InChI=1S/C23H28N4O4S/c1-15-4-7-22(24-14-15)25-23(29)18-8-10-26(11-9-18)32(30,31)20-5-6-21-19(13-20)12-16(2)27(21)17(3)28/h4-7,13-14,16,18H,8-12H2,1-3H3,(H,24,25,29)/t16-/m1/s1. The van der Waals surface area contributed by atoms with Gasteiger partial charge in [0.1, 0.15) is 5.82 Å². The number of aromatic nitrogens is 1. The molecule has 3 heterocycles. The Morgan fingerprint density at radius 2 is 1.84 bits per heavy atom. The number of pyridine rings is 1. The SMILES string of the molecule is CC(=O)N1c2ccc(S(=O)(=O)N3CCC(C(=O)Nc4ccc(C)cn4)CC3)cc2C[C@H]1C. The Morgan fingerprint density at radius 3 is 2.47 bits per heavy atom. The number of nitrogens with zero attached hydrogens (tertiary/aromatic N) is 3. The van der Waals surface area contributed by atoms with E-state index in [0.717, 1.165) is 16.8 Å².